The Morgan fingerprint density at radius 3 is 2.73 bits per heavy atom. The van der Waals surface area contributed by atoms with E-state index in [1.54, 1.807) is 4.90 Å². The maximum atomic E-state index is 12.8. The SMILES string of the molecule is Cl.NC1CCN(C(=O)[C@H]2C[C@H](F)CN2)C1. The van der Waals surface area contributed by atoms with Gasteiger partial charge >= 0.3 is 0 Å². The molecule has 0 spiro atoms. The minimum atomic E-state index is -0.875. The number of nitrogens with two attached hydrogens (primary N) is 1. The van der Waals surface area contributed by atoms with Crippen molar-refractivity contribution in [3.05, 3.63) is 0 Å². The molecule has 1 unspecified atom stereocenters. The van der Waals surface area contributed by atoms with Crippen molar-refractivity contribution in [3.63, 3.8) is 0 Å². The first-order valence-electron chi connectivity index (χ1n) is 5.08. The van der Waals surface area contributed by atoms with Crippen LogP contribution in [0.15, 0.2) is 0 Å². The zero-order valence-corrected chi connectivity index (χ0v) is 9.30. The van der Waals surface area contributed by atoms with Gasteiger partial charge in [-0.25, -0.2) is 4.39 Å². The molecule has 2 aliphatic rings. The number of halogens is 2. The number of carbonyl (C=O) groups excluding carboxylic acids is 1. The minimum absolute atomic E-state index is 0. The number of nitrogens with one attached hydrogen (secondary N) is 1. The fourth-order valence-electron chi connectivity index (χ4n) is 2.09. The number of carbonyl (C=O) groups is 1. The van der Waals surface area contributed by atoms with Crippen molar-refractivity contribution < 1.29 is 9.18 Å². The summed E-state index contributed by atoms with van der Waals surface area (Å²) in [4.78, 5) is 13.5. The van der Waals surface area contributed by atoms with Crippen molar-refractivity contribution in [2.45, 2.75) is 31.1 Å². The van der Waals surface area contributed by atoms with Gasteiger partial charge in [0.05, 0.1) is 6.04 Å². The monoisotopic (exact) mass is 237 g/mol. The van der Waals surface area contributed by atoms with Crippen molar-refractivity contribution >= 4 is 18.3 Å². The van der Waals surface area contributed by atoms with Crippen LogP contribution in [0.5, 0.6) is 0 Å². The molecule has 2 saturated heterocycles. The van der Waals surface area contributed by atoms with Crippen molar-refractivity contribution in [3.8, 4) is 0 Å². The molecular weight excluding hydrogens is 221 g/mol. The Balaban J connectivity index is 0.00000112. The molecule has 1 amide bonds. The summed E-state index contributed by atoms with van der Waals surface area (Å²) in [6, 6.07) is -0.225. The third-order valence-corrected chi connectivity index (χ3v) is 2.91. The molecule has 0 aliphatic carbocycles. The molecular formula is C9H17ClFN3O. The summed E-state index contributed by atoms with van der Waals surface area (Å²) in [6.45, 7) is 1.64. The van der Waals surface area contributed by atoms with Gasteiger partial charge in [-0.15, -0.1) is 12.4 Å². The average Bonchev–Trinajstić information content (AvgIpc) is 2.73. The molecule has 2 fully saturated rings. The van der Waals surface area contributed by atoms with Crippen molar-refractivity contribution in [2.24, 2.45) is 5.73 Å². The van der Waals surface area contributed by atoms with E-state index >= 15 is 0 Å². The number of likely N-dealkylation sites (tertiary alicyclic amines) is 1. The largest absolute Gasteiger partial charge is 0.340 e. The molecule has 0 saturated carbocycles. The van der Waals surface area contributed by atoms with Crippen molar-refractivity contribution in [1.82, 2.24) is 10.2 Å². The van der Waals surface area contributed by atoms with Crippen LogP contribution in [-0.2, 0) is 4.79 Å². The van der Waals surface area contributed by atoms with E-state index in [1.165, 1.54) is 0 Å². The molecule has 2 heterocycles. The molecule has 0 bridgehead atoms. The van der Waals surface area contributed by atoms with Crippen molar-refractivity contribution in [2.75, 3.05) is 19.6 Å². The van der Waals surface area contributed by atoms with E-state index in [2.05, 4.69) is 5.32 Å². The Hall–Kier alpha value is -0.390. The lowest BCUT2D eigenvalue weighted by atomic mass is 10.2. The first-order chi connectivity index (χ1) is 6.66. The number of hydrogen-bond donors (Lipinski definition) is 2. The van der Waals surface area contributed by atoms with Gasteiger partial charge < -0.3 is 16.0 Å². The summed E-state index contributed by atoms with van der Waals surface area (Å²) >= 11 is 0. The second-order valence-electron chi connectivity index (χ2n) is 4.13. The summed E-state index contributed by atoms with van der Waals surface area (Å²) in [6.07, 6.45) is 0.294. The molecule has 3 atom stereocenters. The Bertz CT molecular complexity index is 219. The van der Waals surface area contributed by atoms with Crippen LogP contribution >= 0.6 is 12.4 Å². The van der Waals surface area contributed by atoms with Gasteiger partial charge in [0.2, 0.25) is 5.91 Å². The van der Waals surface area contributed by atoms with Crippen LogP contribution in [-0.4, -0.2) is 48.7 Å². The fourth-order valence-corrected chi connectivity index (χ4v) is 2.09. The predicted molar refractivity (Wildman–Crippen MR) is 57.7 cm³/mol. The Labute approximate surface area is 94.8 Å². The predicted octanol–water partition coefficient (Wildman–Crippen LogP) is -0.332. The number of amides is 1. The smallest absolute Gasteiger partial charge is 0.239 e. The molecule has 2 aliphatic heterocycles. The summed E-state index contributed by atoms with van der Waals surface area (Å²) in [7, 11) is 0. The summed E-state index contributed by atoms with van der Waals surface area (Å²) in [5, 5.41) is 2.89. The average molecular weight is 238 g/mol. The van der Waals surface area contributed by atoms with E-state index in [1.807, 2.05) is 0 Å². The fraction of sp³-hybridized carbons (Fsp3) is 0.889. The quantitative estimate of drug-likeness (QED) is 0.657. The third kappa shape index (κ3) is 2.80. The zero-order chi connectivity index (χ0) is 10.1. The van der Waals surface area contributed by atoms with E-state index in [4.69, 9.17) is 5.73 Å². The number of hydrogen-bond acceptors (Lipinski definition) is 3. The van der Waals surface area contributed by atoms with Gasteiger partial charge in [0.15, 0.2) is 0 Å². The van der Waals surface area contributed by atoms with Gasteiger partial charge in [-0.2, -0.15) is 0 Å². The molecule has 0 aromatic carbocycles. The van der Waals surface area contributed by atoms with Crippen molar-refractivity contribution in [1.29, 1.82) is 0 Å². The standard InChI is InChI=1S/C9H16FN3O.ClH/c10-6-3-8(12-4-6)9(14)13-2-1-7(11)5-13;/h6-8,12H,1-5,11H2;1H/t6-,7?,8+;/m0./s1. The first kappa shape index (κ1) is 12.7. The highest BCUT2D eigenvalue weighted by Gasteiger charge is 2.34. The van der Waals surface area contributed by atoms with Gasteiger partial charge in [-0.05, 0) is 6.42 Å². The van der Waals surface area contributed by atoms with E-state index in [-0.39, 0.29) is 30.4 Å². The lowest BCUT2D eigenvalue weighted by Crippen LogP contribution is -2.43. The molecule has 0 aromatic heterocycles. The van der Waals surface area contributed by atoms with Gasteiger partial charge in [0.1, 0.15) is 6.17 Å². The van der Waals surface area contributed by atoms with E-state index in [0.29, 0.717) is 19.5 Å². The molecule has 15 heavy (non-hydrogen) atoms. The molecule has 4 nitrogen and oxygen atoms in total. The summed E-state index contributed by atoms with van der Waals surface area (Å²) in [5.74, 6) is 0.0121. The van der Waals surface area contributed by atoms with Crippen LogP contribution in [0.2, 0.25) is 0 Å². The van der Waals surface area contributed by atoms with Gasteiger partial charge in [0.25, 0.3) is 0 Å². The van der Waals surface area contributed by atoms with Crippen LogP contribution < -0.4 is 11.1 Å². The third-order valence-electron chi connectivity index (χ3n) is 2.91. The molecule has 0 radical (unpaired) electrons. The Morgan fingerprint density at radius 1 is 1.53 bits per heavy atom. The highest BCUT2D eigenvalue weighted by Crippen LogP contribution is 2.15. The molecule has 2 rings (SSSR count). The highest BCUT2D eigenvalue weighted by atomic mass is 35.5. The summed E-state index contributed by atoms with van der Waals surface area (Å²) < 4.78 is 12.8. The second kappa shape index (κ2) is 5.09. The van der Waals surface area contributed by atoms with E-state index < -0.39 is 6.17 Å². The molecule has 3 N–H and O–H groups in total. The number of alkyl halides is 1. The summed E-state index contributed by atoms with van der Waals surface area (Å²) in [5.41, 5.74) is 5.70. The topological polar surface area (TPSA) is 58.4 Å². The normalized spacial score (nSPS) is 35.3. The van der Waals surface area contributed by atoms with E-state index in [0.717, 1.165) is 13.0 Å². The molecule has 0 aromatic rings. The van der Waals surface area contributed by atoms with Crippen LogP contribution in [0.1, 0.15) is 12.8 Å². The minimum Gasteiger partial charge on any atom is -0.340 e. The maximum absolute atomic E-state index is 12.8. The first-order valence-corrected chi connectivity index (χ1v) is 5.08. The highest BCUT2D eigenvalue weighted by molar-refractivity contribution is 5.85. The van der Waals surface area contributed by atoms with Crippen LogP contribution in [0.3, 0.4) is 0 Å². The van der Waals surface area contributed by atoms with Crippen LogP contribution in [0.25, 0.3) is 0 Å². The Morgan fingerprint density at radius 2 is 2.27 bits per heavy atom. The van der Waals surface area contributed by atoms with Crippen LogP contribution in [0.4, 0.5) is 4.39 Å². The zero-order valence-electron chi connectivity index (χ0n) is 8.49. The number of rotatable bonds is 1. The molecule has 88 valence electrons. The van der Waals surface area contributed by atoms with Gasteiger partial charge in [-0.3, -0.25) is 4.79 Å². The lowest BCUT2D eigenvalue weighted by molar-refractivity contribution is -0.132. The van der Waals surface area contributed by atoms with Gasteiger partial charge in [0, 0.05) is 32.1 Å². The van der Waals surface area contributed by atoms with E-state index in [9.17, 15) is 9.18 Å². The molecule has 6 heteroatoms. The Kier molecular flexibility index (Phi) is 4.31. The second-order valence-corrected chi connectivity index (χ2v) is 4.13. The number of nitrogens with zero attached hydrogens (tertiary/aromatic N) is 1. The maximum Gasteiger partial charge on any atom is 0.239 e. The van der Waals surface area contributed by atoms with Crippen LogP contribution in [0, 0.1) is 0 Å². The van der Waals surface area contributed by atoms with Gasteiger partial charge in [-0.1, -0.05) is 0 Å². The lowest BCUT2D eigenvalue weighted by Gasteiger charge is -2.19.